The number of amides is 3. The number of nitrogens with two attached hydrogens (primary N) is 2. The number of ether oxygens (including phenoxy) is 8. The average molecular weight is 784 g/mol. The van der Waals surface area contributed by atoms with Gasteiger partial charge in [0.1, 0.15) is 24.0 Å². The monoisotopic (exact) mass is 783 g/mol. The Morgan fingerprint density at radius 3 is 1.80 bits per heavy atom. The van der Waals surface area contributed by atoms with Gasteiger partial charge in [-0.2, -0.15) is 0 Å². The molecule has 2 aromatic rings. The number of rotatable bonds is 35. The Morgan fingerprint density at radius 1 is 0.745 bits per heavy atom. The average Bonchev–Trinajstić information content (AvgIpc) is 3.17. The quantitative estimate of drug-likeness (QED) is 0.0425. The molecule has 6 N–H and O–H groups in total. The zero-order valence-corrected chi connectivity index (χ0v) is 32.4. The number of carbonyl (C=O) groups is 3. The molecule has 1 aromatic carbocycles. The van der Waals surface area contributed by atoms with Gasteiger partial charge in [0.25, 0.3) is 5.91 Å². The van der Waals surface area contributed by atoms with Gasteiger partial charge >= 0.3 is 5.63 Å². The lowest BCUT2D eigenvalue weighted by molar-refractivity contribution is -0.128. The van der Waals surface area contributed by atoms with Gasteiger partial charge in [-0.3, -0.25) is 14.4 Å². The zero-order chi connectivity index (χ0) is 39.9. The molecule has 1 atom stereocenters. The third kappa shape index (κ3) is 21.2. The van der Waals surface area contributed by atoms with Crippen LogP contribution in [-0.2, 0) is 47.5 Å². The maximum Gasteiger partial charge on any atom is 0.349 e. The summed E-state index contributed by atoms with van der Waals surface area (Å²) < 4.78 is 48.7. The SMILES string of the molecule is CCN(CC)c1ccc2cc(C(=O)NCCOCCOCCOCCOCOCCOCCOCCOCCC(=O)NC(CCCN)C(N)=O)c(=O)oc2c1. The first-order chi connectivity index (χ1) is 26.8. The summed E-state index contributed by atoms with van der Waals surface area (Å²) in [6.45, 7) is 11.5. The molecule has 1 unspecified atom stereocenters. The Bertz CT molecular complexity index is 1410. The van der Waals surface area contributed by atoms with E-state index in [2.05, 4.69) is 29.4 Å². The lowest BCUT2D eigenvalue weighted by Gasteiger charge is -2.21. The first kappa shape index (κ1) is 47.4. The summed E-state index contributed by atoms with van der Waals surface area (Å²) >= 11 is 0. The van der Waals surface area contributed by atoms with E-state index in [9.17, 15) is 19.2 Å². The molecular formula is C37H61N5O13. The Morgan fingerprint density at radius 2 is 1.27 bits per heavy atom. The third-order valence-electron chi connectivity index (χ3n) is 7.87. The number of fused-ring (bicyclic) bond motifs is 1. The van der Waals surface area contributed by atoms with Crippen molar-refractivity contribution in [2.75, 3.05) is 130 Å². The van der Waals surface area contributed by atoms with E-state index in [1.165, 1.54) is 0 Å². The molecule has 0 bridgehead atoms. The Balaban J connectivity index is 1.31. The van der Waals surface area contributed by atoms with Crippen LogP contribution in [-0.4, -0.2) is 149 Å². The van der Waals surface area contributed by atoms with E-state index in [-0.39, 0.29) is 44.4 Å². The molecule has 0 aliphatic rings. The second-order valence-electron chi connectivity index (χ2n) is 11.9. The maximum atomic E-state index is 12.5. The van der Waals surface area contributed by atoms with Crippen LogP contribution < -0.4 is 32.6 Å². The zero-order valence-electron chi connectivity index (χ0n) is 32.4. The minimum absolute atomic E-state index is 0.0507. The highest BCUT2D eigenvalue weighted by Gasteiger charge is 2.17. The minimum Gasteiger partial charge on any atom is -0.422 e. The summed E-state index contributed by atoms with van der Waals surface area (Å²) in [4.78, 5) is 50.4. The van der Waals surface area contributed by atoms with Gasteiger partial charge in [-0.05, 0) is 51.4 Å². The second kappa shape index (κ2) is 30.5. The van der Waals surface area contributed by atoms with Crippen LogP contribution in [0.5, 0.6) is 0 Å². The van der Waals surface area contributed by atoms with Gasteiger partial charge in [-0.1, -0.05) is 0 Å². The molecule has 3 amide bonds. The normalized spacial score (nSPS) is 11.8. The molecule has 1 aromatic heterocycles. The fourth-order valence-electron chi connectivity index (χ4n) is 4.91. The topological polar surface area (TPSA) is 235 Å². The number of benzene rings is 1. The Hall–Kier alpha value is -3.72. The van der Waals surface area contributed by atoms with Crippen LogP contribution >= 0.6 is 0 Å². The maximum absolute atomic E-state index is 12.5. The summed E-state index contributed by atoms with van der Waals surface area (Å²) in [5.74, 6) is -1.40. The predicted molar refractivity (Wildman–Crippen MR) is 204 cm³/mol. The first-order valence-electron chi connectivity index (χ1n) is 18.8. The standard InChI is InChI=1S/C37H61N5O13/c1-3-42(4-2)30-8-7-29-26-31(37(46)55-33(29)27-30)36(45)40-11-13-48-15-17-50-19-21-52-23-25-54-28-53-24-22-51-20-18-49-16-14-47-12-9-34(43)41-32(35(39)44)6-5-10-38/h7-8,26-27,32H,3-6,9-25,28,38H2,1-2H3,(H2,39,44)(H,40,45)(H,41,43). The summed E-state index contributed by atoms with van der Waals surface area (Å²) in [7, 11) is 0. The van der Waals surface area contributed by atoms with Gasteiger partial charge < -0.3 is 69.3 Å². The van der Waals surface area contributed by atoms with E-state index >= 15 is 0 Å². The van der Waals surface area contributed by atoms with Gasteiger partial charge in [-0.25, -0.2) is 4.79 Å². The summed E-state index contributed by atoms with van der Waals surface area (Å²) in [6.07, 6.45) is 1.12. The van der Waals surface area contributed by atoms with Crippen LogP contribution in [0.3, 0.4) is 0 Å². The molecule has 18 heteroatoms. The highest BCUT2D eigenvalue weighted by atomic mass is 16.7. The number of hydrogen-bond donors (Lipinski definition) is 4. The van der Waals surface area contributed by atoms with Crippen molar-refractivity contribution in [1.29, 1.82) is 0 Å². The second-order valence-corrected chi connectivity index (χ2v) is 11.9. The number of nitrogens with one attached hydrogen (secondary N) is 2. The highest BCUT2D eigenvalue weighted by molar-refractivity contribution is 5.97. The number of carbonyl (C=O) groups excluding carboxylic acids is 3. The fraction of sp³-hybridized carbons (Fsp3) is 0.676. The number of primary amides is 1. The van der Waals surface area contributed by atoms with Gasteiger partial charge in [0, 0.05) is 43.2 Å². The van der Waals surface area contributed by atoms with Crippen molar-refractivity contribution in [3.8, 4) is 0 Å². The molecular weight excluding hydrogens is 722 g/mol. The molecule has 0 aliphatic heterocycles. The molecule has 0 spiro atoms. The number of nitrogens with zero attached hydrogens (tertiary/aromatic N) is 1. The van der Waals surface area contributed by atoms with Crippen LogP contribution in [0.25, 0.3) is 11.0 Å². The minimum atomic E-state index is -0.719. The van der Waals surface area contributed by atoms with Crippen molar-refractivity contribution in [1.82, 2.24) is 10.6 Å². The van der Waals surface area contributed by atoms with E-state index in [1.54, 1.807) is 6.07 Å². The lowest BCUT2D eigenvalue weighted by Crippen LogP contribution is -2.44. The molecule has 0 saturated heterocycles. The van der Waals surface area contributed by atoms with E-state index in [1.807, 2.05) is 18.2 Å². The van der Waals surface area contributed by atoms with Crippen LogP contribution in [0.1, 0.15) is 43.5 Å². The molecule has 55 heavy (non-hydrogen) atoms. The first-order valence-corrected chi connectivity index (χ1v) is 18.8. The van der Waals surface area contributed by atoms with Crippen molar-refractivity contribution in [3.63, 3.8) is 0 Å². The summed E-state index contributed by atoms with van der Waals surface area (Å²) in [5.41, 5.74) is 11.4. The van der Waals surface area contributed by atoms with E-state index in [4.69, 9.17) is 53.8 Å². The van der Waals surface area contributed by atoms with Crippen LogP contribution in [0.2, 0.25) is 0 Å². The molecule has 0 aliphatic carbocycles. The van der Waals surface area contributed by atoms with Gasteiger partial charge in [0.15, 0.2) is 0 Å². The van der Waals surface area contributed by atoms with Crippen molar-refractivity contribution in [2.45, 2.75) is 39.2 Å². The lowest BCUT2D eigenvalue weighted by atomic mass is 10.1. The van der Waals surface area contributed by atoms with Crippen LogP contribution in [0.4, 0.5) is 5.69 Å². The molecule has 2 rings (SSSR count). The third-order valence-corrected chi connectivity index (χ3v) is 7.87. The van der Waals surface area contributed by atoms with Crippen molar-refractivity contribution in [2.24, 2.45) is 11.5 Å². The number of anilines is 1. The molecule has 1 heterocycles. The van der Waals surface area contributed by atoms with Gasteiger partial charge in [0.2, 0.25) is 11.8 Å². The Kier molecular flexibility index (Phi) is 26.3. The summed E-state index contributed by atoms with van der Waals surface area (Å²) in [6, 6.07) is 6.43. The van der Waals surface area contributed by atoms with Crippen LogP contribution in [0.15, 0.2) is 33.5 Å². The van der Waals surface area contributed by atoms with E-state index in [0.717, 1.165) is 18.8 Å². The van der Waals surface area contributed by atoms with Crippen molar-refractivity contribution in [3.05, 3.63) is 40.2 Å². The Labute approximate surface area is 322 Å². The van der Waals surface area contributed by atoms with Gasteiger partial charge in [-0.15, -0.1) is 0 Å². The van der Waals surface area contributed by atoms with E-state index in [0.29, 0.717) is 110 Å². The molecule has 0 saturated carbocycles. The molecule has 312 valence electrons. The fourth-order valence-corrected chi connectivity index (χ4v) is 4.91. The molecule has 18 nitrogen and oxygen atoms in total. The predicted octanol–water partition coefficient (Wildman–Crippen LogP) is 0.558. The highest BCUT2D eigenvalue weighted by Crippen LogP contribution is 2.22. The molecule has 0 fully saturated rings. The summed E-state index contributed by atoms with van der Waals surface area (Å²) in [5, 5.41) is 5.95. The number of hydrogen-bond acceptors (Lipinski definition) is 15. The van der Waals surface area contributed by atoms with Crippen molar-refractivity contribution < 1.29 is 56.7 Å². The van der Waals surface area contributed by atoms with E-state index < -0.39 is 23.5 Å². The van der Waals surface area contributed by atoms with Crippen LogP contribution in [0, 0.1) is 0 Å². The van der Waals surface area contributed by atoms with Crippen molar-refractivity contribution >= 4 is 34.4 Å². The smallest absolute Gasteiger partial charge is 0.349 e. The largest absolute Gasteiger partial charge is 0.422 e. The molecule has 0 radical (unpaired) electrons. The van der Waals surface area contributed by atoms with Gasteiger partial charge in [0.05, 0.1) is 92.5 Å².